The Labute approximate surface area is 115 Å². The van der Waals surface area contributed by atoms with Gasteiger partial charge in [0.25, 0.3) is 0 Å². The summed E-state index contributed by atoms with van der Waals surface area (Å²) in [6.07, 6.45) is 0. The molecule has 1 rings (SSSR count). The first kappa shape index (κ1) is 15.5. The molecule has 0 saturated heterocycles. The van der Waals surface area contributed by atoms with Crippen LogP contribution in [0.5, 0.6) is 0 Å². The number of aliphatic carboxylic acids is 1. The zero-order valence-corrected chi connectivity index (χ0v) is 12.4. The lowest BCUT2D eigenvalue weighted by Crippen LogP contribution is -2.39. The summed E-state index contributed by atoms with van der Waals surface area (Å²) in [5.41, 5.74) is 3.43. The molecule has 4 nitrogen and oxygen atoms in total. The highest BCUT2D eigenvalue weighted by Gasteiger charge is 2.17. The maximum atomic E-state index is 11.0. The molecule has 19 heavy (non-hydrogen) atoms. The van der Waals surface area contributed by atoms with Gasteiger partial charge >= 0.3 is 5.97 Å². The van der Waals surface area contributed by atoms with Crippen LogP contribution in [-0.2, 0) is 10.2 Å². The number of benzene rings is 1. The number of carboxylic acids is 1. The van der Waals surface area contributed by atoms with Crippen LogP contribution in [0.15, 0.2) is 18.2 Å². The highest BCUT2D eigenvalue weighted by molar-refractivity contribution is 5.74. The maximum absolute atomic E-state index is 11.0. The summed E-state index contributed by atoms with van der Waals surface area (Å²) in [4.78, 5) is 11.0. The van der Waals surface area contributed by atoms with Crippen LogP contribution in [0.4, 0.5) is 5.69 Å². The van der Waals surface area contributed by atoms with Crippen molar-refractivity contribution in [2.75, 3.05) is 18.9 Å². The second-order valence-electron chi connectivity index (χ2n) is 5.84. The van der Waals surface area contributed by atoms with Gasteiger partial charge in [0, 0.05) is 12.2 Å². The molecule has 1 aromatic rings. The summed E-state index contributed by atoms with van der Waals surface area (Å²) in [6.45, 7) is 8.86. The van der Waals surface area contributed by atoms with Crippen LogP contribution in [0.25, 0.3) is 0 Å². The average molecular weight is 264 g/mol. The van der Waals surface area contributed by atoms with Crippen molar-refractivity contribution < 1.29 is 9.90 Å². The van der Waals surface area contributed by atoms with E-state index in [0.717, 1.165) is 11.3 Å². The largest absolute Gasteiger partial charge is 0.480 e. The van der Waals surface area contributed by atoms with Crippen LogP contribution >= 0.6 is 0 Å². The lowest BCUT2D eigenvalue weighted by atomic mass is 9.86. The lowest BCUT2D eigenvalue weighted by molar-refractivity contribution is -0.138. The summed E-state index contributed by atoms with van der Waals surface area (Å²) in [5.74, 6) is -0.848. The Kier molecular flexibility index (Phi) is 4.95. The van der Waals surface area contributed by atoms with E-state index in [0.29, 0.717) is 6.54 Å². The molecule has 0 bridgehead atoms. The molecular weight excluding hydrogens is 240 g/mol. The molecule has 0 amide bonds. The second-order valence-corrected chi connectivity index (χ2v) is 5.84. The SMILES string of the molecule is CNC(CNc1cc(C(C)(C)C)ccc1C)C(=O)O. The molecule has 1 atom stereocenters. The molecule has 4 heteroatoms. The number of aryl methyl sites for hydroxylation is 1. The number of nitrogens with one attached hydrogen (secondary N) is 2. The van der Waals surface area contributed by atoms with Gasteiger partial charge < -0.3 is 15.7 Å². The van der Waals surface area contributed by atoms with Crippen molar-refractivity contribution in [1.29, 1.82) is 0 Å². The second kappa shape index (κ2) is 6.06. The molecule has 0 saturated carbocycles. The van der Waals surface area contributed by atoms with Crippen LogP contribution in [0.2, 0.25) is 0 Å². The van der Waals surface area contributed by atoms with Gasteiger partial charge in [0.15, 0.2) is 0 Å². The molecule has 0 spiro atoms. The molecule has 0 aromatic heterocycles. The van der Waals surface area contributed by atoms with Crippen LogP contribution in [0.1, 0.15) is 31.9 Å². The number of anilines is 1. The minimum Gasteiger partial charge on any atom is -0.480 e. The number of carbonyl (C=O) groups is 1. The Morgan fingerprint density at radius 3 is 2.47 bits per heavy atom. The van der Waals surface area contributed by atoms with E-state index in [2.05, 4.69) is 49.6 Å². The fraction of sp³-hybridized carbons (Fsp3) is 0.533. The molecular formula is C15H24N2O2. The van der Waals surface area contributed by atoms with Crippen molar-refractivity contribution in [2.45, 2.75) is 39.2 Å². The van der Waals surface area contributed by atoms with E-state index < -0.39 is 12.0 Å². The van der Waals surface area contributed by atoms with Crippen molar-refractivity contribution in [3.05, 3.63) is 29.3 Å². The molecule has 0 heterocycles. The van der Waals surface area contributed by atoms with E-state index >= 15 is 0 Å². The van der Waals surface area contributed by atoms with E-state index in [1.54, 1.807) is 7.05 Å². The molecule has 0 aliphatic rings. The summed E-state index contributed by atoms with van der Waals surface area (Å²) in [6, 6.07) is 5.70. The third-order valence-corrected chi connectivity index (χ3v) is 3.25. The number of hydrogen-bond donors (Lipinski definition) is 3. The highest BCUT2D eigenvalue weighted by Crippen LogP contribution is 2.26. The van der Waals surface area contributed by atoms with E-state index in [1.807, 2.05) is 6.92 Å². The predicted molar refractivity (Wildman–Crippen MR) is 78.9 cm³/mol. The minimum absolute atomic E-state index is 0.0827. The van der Waals surface area contributed by atoms with Gasteiger partial charge in [-0.3, -0.25) is 4.79 Å². The maximum Gasteiger partial charge on any atom is 0.322 e. The van der Waals surface area contributed by atoms with E-state index in [1.165, 1.54) is 5.56 Å². The molecule has 1 aromatic carbocycles. The fourth-order valence-corrected chi connectivity index (χ4v) is 1.80. The first-order valence-electron chi connectivity index (χ1n) is 6.50. The Morgan fingerprint density at radius 1 is 1.37 bits per heavy atom. The van der Waals surface area contributed by atoms with Gasteiger partial charge in [-0.15, -0.1) is 0 Å². The smallest absolute Gasteiger partial charge is 0.322 e. The third-order valence-electron chi connectivity index (χ3n) is 3.25. The zero-order valence-electron chi connectivity index (χ0n) is 12.4. The number of carboxylic acid groups (broad SMARTS) is 1. The molecule has 0 fully saturated rings. The first-order valence-corrected chi connectivity index (χ1v) is 6.50. The topological polar surface area (TPSA) is 61.4 Å². The Balaban J connectivity index is 2.86. The molecule has 1 unspecified atom stereocenters. The van der Waals surface area contributed by atoms with Gasteiger partial charge in [-0.25, -0.2) is 0 Å². The van der Waals surface area contributed by atoms with Crippen LogP contribution in [0, 0.1) is 6.92 Å². The Hall–Kier alpha value is -1.55. The summed E-state index contributed by atoms with van der Waals surface area (Å²) < 4.78 is 0. The fourth-order valence-electron chi connectivity index (χ4n) is 1.80. The molecule has 0 radical (unpaired) electrons. The van der Waals surface area contributed by atoms with E-state index in [9.17, 15) is 4.79 Å². The summed E-state index contributed by atoms with van der Waals surface area (Å²) in [5, 5.41) is 15.0. The van der Waals surface area contributed by atoms with Crippen molar-refractivity contribution in [1.82, 2.24) is 5.32 Å². The van der Waals surface area contributed by atoms with Crippen LogP contribution < -0.4 is 10.6 Å². The molecule has 3 N–H and O–H groups in total. The zero-order chi connectivity index (χ0) is 14.6. The third kappa shape index (κ3) is 4.24. The van der Waals surface area contributed by atoms with Gasteiger partial charge in [0.2, 0.25) is 0 Å². The molecule has 0 aliphatic heterocycles. The minimum atomic E-state index is -0.848. The van der Waals surface area contributed by atoms with Gasteiger partial charge in [-0.2, -0.15) is 0 Å². The number of rotatable bonds is 5. The summed E-state index contributed by atoms with van der Waals surface area (Å²) >= 11 is 0. The van der Waals surface area contributed by atoms with Crippen molar-refractivity contribution in [2.24, 2.45) is 0 Å². The summed E-state index contributed by atoms with van der Waals surface area (Å²) in [7, 11) is 1.65. The van der Waals surface area contributed by atoms with Crippen LogP contribution in [-0.4, -0.2) is 30.7 Å². The van der Waals surface area contributed by atoms with E-state index in [-0.39, 0.29) is 5.41 Å². The van der Waals surface area contributed by atoms with Gasteiger partial charge in [-0.1, -0.05) is 32.9 Å². The van der Waals surface area contributed by atoms with Crippen molar-refractivity contribution >= 4 is 11.7 Å². The Morgan fingerprint density at radius 2 is 2.00 bits per heavy atom. The Bertz CT molecular complexity index is 450. The van der Waals surface area contributed by atoms with E-state index in [4.69, 9.17) is 5.11 Å². The van der Waals surface area contributed by atoms with Crippen molar-refractivity contribution in [3.8, 4) is 0 Å². The molecule has 0 aliphatic carbocycles. The standard InChI is InChI=1S/C15H24N2O2/c1-10-6-7-11(15(2,3)4)8-12(10)17-9-13(16-5)14(18)19/h6-8,13,16-17H,9H2,1-5H3,(H,18,19). The lowest BCUT2D eigenvalue weighted by Gasteiger charge is -2.22. The number of likely N-dealkylation sites (N-methyl/N-ethyl adjacent to an activating group) is 1. The van der Waals surface area contributed by atoms with Gasteiger partial charge in [0.05, 0.1) is 0 Å². The quantitative estimate of drug-likeness (QED) is 0.764. The highest BCUT2D eigenvalue weighted by atomic mass is 16.4. The van der Waals surface area contributed by atoms with Crippen LogP contribution in [0.3, 0.4) is 0 Å². The van der Waals surface area contributed by atoms with Gasteiger partial charge in [-0.05, 0) is 36.6 Å². The van der Waals surface area contributed by atoms with Crippen molar-refractivity contribution in [3.63, 3.8) is 0 Å². The molecule has 106 valence electrons. The van der Waals surface area contributed by atoms with Gasteiger partial charge in [0.1, 0.15) is 6.04 Å². The predicted octanol–water partition coefficient (Wildman–Crippen LogP) is 2.38. The number of hydrogen-bond acceptors (Lipinski definition) is 3. The monoisotopic (exact) mass is 264 g/mol. The first-order chi connectivity index (χ1) is 8.75. The normalized spacial score (nSPS) is 13.1. The average Bonchev–Trinajstić information content (AvgIpc) is 2.30.